The maximum atomic E-state index is 13.5. The largest absolute Gasteiger partial charge is 0.352 e. The number of benzene rings is 2. The van der Waals surface area contributed by atoms with Crippen LogP contribution in [-0.2, 0) is 11.3 Å². The Balaban J connectivity index is 1.86. The molecule has 0 aromatic heterocycles. The van der Waals surface area contributed by atoms with Gasteiger partial charge in [0.05, 0.1) is 12.2 Å². The van der Waals surface area contributed by atoms with E-state index in [9.17, 15) is 18.0 Å². The van der Waals surface area contributed by atoms with Gasteiger partial charge in [0.2, 0.25) is 5.91 Å². The van der Waals surface area contributed by atoms with Crippen molar-refractivity contribution < 1.29 is 18.0 Å². The molecule has 0 aliphatic heterocycles. The Bertz CT molecular complexity index is 824. The second-order valence-corrected chi connectivity index (χ2v) is 5.54. The van der Waals surface area contributed by atoms with Gasteiger partial charge in [0.15, 0.2) is 23.4 Å². The summed E-state index contributed by atoms with van der Waals surface area (Å²) in [5.74, 6) is -4.66. The van der Waals surface area contributed by atoms with Gasteiger partial charge in [0.1, 0.15) is 0 Å². The molecule has 8 heteroatoms. The van der Waals surface area contributed by atoms with Crippen LogP contribution in [0, 0.1) is 24.4 Å². The molecule has 0 atom stereocenters. The average molecular weight is 364 g/mol. The Kier molecular flexibility index (Phi) is 6.60. The summed E-state index contributed by atoms with van der Waals surface area (Å²) in [6.45, 7) is 2.25. The predicted octanol–water partition coefficient (Wildman–Crippen LogP) is 2.72. The number of carbonyl (C=O) groups is 1. The quantitative estimate of drug-likeness (QED) is 0.434. The minimum absolute atomic E-state index is 0.230. The fraction of sp³-hybridized carbons (Fsp3) is 0.222. The Morgan fingerprint density at radius 2 is 1.85 bits per heavy atom. The van der Waals surface area contributed by atoms with E-state index in [2.05, 4.69) is 20.9 Å². The molecule has 0 fully saturated rings. The molecule has 1 amide bonds. The van der Waals surface area contributed by atoms with Crippen molar-refractivity contribution in [2.75, 3.05) is 18.9 Å². The Hall–Kier alpha value is -3.03. The summed E-state index contributed by atoms with van der Waals surface area (Å²) in [6, 6.07) is 9.58. The second-order valence-electron chi connectivity index (χ2n) is 5.54. The molecular formula is C18H19F3N4O. The van der Waals surface area contributed by atoms with Crippen LogP contribution in [0.25, 0.3) is 0 Å². The van der Waals surface area contributed by atoms with Gasteiger partial charge in [0.25, 0.3) is 0 Å². The summed E-state index contributed by atoms with van der Waals surface area (Å²) in [5, 5.41) is 7.96. The van der Waals surface area contributed by atoms with Crippen molar-refractivity contribution in [3.8, 4) is 0 Å². The van der Waals surface area contributed by atoms with E-state index in [1.165, 1.54) is 0 Å². The summed E-state index contributed by atoms with van der Waals surface area (Å²) in [5.41, 5.74) is 1.74. The summed E-state index contributed by atoms with van der Waals surface area (Å²) >= 11 is 0. The van der Waals surface area contributed by atoms with Crippen LogP contribution >= 0.6 is 0 Å². The van der Waals surface area contributed by atoms with E-state index in [0.29, 0.717) is 12.5 Å². The van der Waals surface area contributed by atoms with Gasteiger partial charge in [-0.1, -0.05) is 29.8 Å². The highest BCUT2D eigenvalue weighted by Gasteiger charge is 2.15. The van der Waals surface area contributed by atoms with Gasteiger partial charge in [-0.25, -0.2) is 13.2 Å². The van der Waals surface area contributed by atoms with Crippen LogP contribution in [0.5, 0.6) is 0 Å². The molecular weight excluding hydrogens is 345 g/mol. The van der Waals surface area contributed by atoms with Gasteiger partial charge in [-0.2, -0.15) is 0 Å². The molecule has 3 N–H and O–H groups in total. The van der Waals surface area contributed by atoms with Gasteiger partial charge in [-0.05, 0) is 24.6 Å². The summed E-state index contributed by atoms with van der Waals surface area (Å²) in [7, 11) is 1.54. The lowest BCUT2D eigenvalue weighted by atomic mass is 10.1. The van der Waals surface area contributed by atoms with Gasteiger partial charge in [-0.15, -0.1) is 0 Å². The molecule has 0 aliphatic rings. The van der Waals surface area contributed by atoms with E-state index in [0.717, 1.165) is 23.3 Å². The molecule has 2 rings (SSSR count). The van der Waals surface area contributed by atoms with Crippen molar-refractivity contribution >= 4 is 17.6 Å². The Morgan fingerprint density at radius 3 is 2.54 bits per heavy atom. The number of nitrogens with zero attached hydrogens (tertiary/aromatic N) is 1. The van der Waals surface area contributed by atoms with E-state index in [-0.39, 0.29) is 6.54 Å². The van der Waals surface area contributed by atoms with Crippen LogP contribution in [-0.4, -0.2) is 25.5 Å². The van der Waals surface area contributed by atoms with Gasteiger partial charge in [0, 0.05) is 13.6 Å². The molecule has 0 saturated carbocycles. The zero-order chi connectivity index (χ0) is 19.1. The molecule has 0 saturated heterocycles. The third kappa shape index (κ3) is 5.23. The first-order valence-corrected chi connectivity index (χ1v) is 7.84. The maximum absolute atomic E-state index is 13.5. The number of amides is 1. The molecule has 26 heavy (non-hydrogen) atoms. The van der Waals surface area contributed by atoms with E-state index >= 15 is 0 Å². The van der Waals surface area contributed by atoms with Crippen molar-refractivity contribution in [1.29, 1.82) is 0 Å². The second kappa shape index (κ2) is 8.89. The highest BCUT2D eigenvalue weighted by molar-refractivity contribution is 5.95. The molecule has 0 bridgehead atoms. The van der Waals surface area contributed by atoms with Crippen LogP contribution in [0.4, 0.5) is 18.9 Å². The molecule has 138 valence electrons. The van der Waals surface area contributed by atoms with Crippen LogP contribution < -0.4 is 16.0 Å². The van der Waals surface area contributed by atoms with Crippen molar-refractivity contribution in [1.82, 2.24) is 10.6 Å². The molecule has 2 aromatic carbocycles. The SMILES string of the molecule is CN=C(NCC(=O)Nc1ccc(F)c(F)c1F)NCc1cccc(C)c1. The third-order valence-electron chi connectivity index (χ3n) is 3.49. The number of guanidine groups is 1. The Labute approximate surface area is 149 Å². The van der Waals surface area contributed by atoms with Gasteiger partial charge in [-0.3, -0.25) is 9.79 Å². The minimum Gasteiger partial charge on any atom is -0.352 e. The van der Waals surface area contributed by atoms with Crippen molar-refractivity contribution in [3.63, 3.8) is 0 Å². The average Bonchev–Trinajstić information content (AvgIpc) is 2.62. The van der Waals surface area contributed by atoms with E-state index in [1.54, 1.807) is 7.05 Å². The first-order valence-electron chi connectivity index (χ1n) is 7.84. The normalized spacial score (nSPS) is 11.2. The van der Waals surface area contributed by atoms with Crippen molar-refractivity contribution in [2.45, 2.75) is 13.5 Å². The zero-order valence-electron chi connectivity index (χ0n) is 14.4. The zero-order valence-corrected chi connectivity index (χ0v) is 14.4. The van der Waals surface area contributed by atoms with E-state index < -0.39 is 29.0 Å². The molecule has 5 nitrogen and oxygen atoms in total. The number of hydrogen-bond donors (Lipinski definition) is 3. The van der Waals surface area contributed by atoms with Gasteiger partial charge < -0.3 is 16.0 Å². The standard InChI is InChI=1S/C18H19F3N4O/c1-11-4-3-5-12(8-11)9-23-18(22-2)24-10-15(26)25-14-7-6-13(19)16(20)17(14)21/h3-8H,9-10H2,1-2H3,(H,25,26)(H2,22,23,24). The minimum atomic E-state index is -1.63. The number of carbonyl (C=O) groups excluding carboxylic acids is 1. The number of nitrogens with one attached hydrogen (secondary N) is 3. The molecule has 0 spiro atoms. The number of aryl methyl sites for hydroxylation is 1. The van der Waals surface area contributed by atoms with Crippen LogP contribution in [0.1, 0.15) is 11.1 Å². The number of rotatable bonds is 5. The lowest BCUT2D eigenvalue weighted by Gasteiger charge is -2.13. The van der Waals surface area contributed by atoms with Gasteiger partial charge >= 0.3 is 0 Å². The monoisotopic (exact) mass is 364 g/mol. The smallest absolute Gasteiger partial charge is 0.243 e. The molecule has 2 aromatic rings. The third-order valence-corrected chi connectivity index (χ3v) is 3.49. The number of halogens is 3. The number of hydrogen-bond acceptors (Lipinski definition) is 2. The number of aliphatic imine (C=N–C) groups is 1. The summed E-state index contributed by atoms with van der Waals surface area (Å²) in [4.78, 5) is 15.8. The fourth-order valence-electron chi connectivity index (χ4n) is 2.21. The Morgan fingerprint density at radius 1 is 1.08 bits per heavy atom. The van der Waals surface area contributed by atoms with Crippen LogP contribution in [0.3, 0.4) is 0 Å². The molecule has 0 radical (unpaired) electrons. The lowest BCUT2D eigenvalue weighted by molar-refractivity contribution is -0.115. The molecule has 0 heterocycles. The van der Waals surface area contributed by atoms with Crippen LogP contribution in [0.15, 0.2) is 41.4 Å². The van der Waals surface area contributed by atoms with Crippen molar-refractivity contribution in [2.24, 2.45) is 4.99 Å². The molecule has 0 aliphatic carbocycles. The molecule has 0 unspecified atom stereocenters. The lowest BCUT2D eigenvalue weighted by Crippen LogP contribution is -2.41. The number of anilines is 1. The predicted molar refractivity (Wildman–Crippen MR) is 94.3 cm³/mol. The summed E-state index contributed by atoms with van der Waals surface area (Å²) < 4.78 is 39.6. The highest BCUT2D eigenvalue weighted by atomic mass is 19.2. The van der Waals surface area contributed by atoms with E-state index in [1.807, 2.05) is 31.2 Å². The fourth-order valence-corrected chi connectivity index (χ4v) is 2.21. The summed E-state index contributed by atoms with van der Waals surface area (Å²) in [6.07, 6.45) is 0. The highest BCUT2D eigenvalue weighted by Crippen LogP contribution is 2.19. The maximum Gasteiger partial charge on any atom is 0.243 e. The first kappa shape index (κ1) is 19.3. The first-order chi connectivity index (χ1) is 12.4. The van der Waals surface area contributed by atoms with E-state index in [4.69, 9.17) is 0 Å². The topological polar surface area (TPSA) is 65.5 Å². The van der Waals surface area contributed by atoms with Crippen molar-refractivity contribution in [3.05, 3.63) is 65.0 Å². The van der Waals surface area contributed by atoms with Crippen LogP contribution in [0.2, 0.25) is 0 Å².